The van der Waals surface area contributed by atoms with Crippen LogP contribution in [-0.4, -0.2) is 61.3 Å². The van der Waals surface area contributed by atoms with Gasteiger partial charge in [0.1, 0.15) is 5.92 Å². The van der Waals surface area contributed by atoms with Crippen molar-refractivity contribution in [2.24, 2.45) is 10.9 Å². The summed E-state index contributed by atoms with van der Waals surface area (Å²) >= 11 is 1.59. The Morgan fingerprint density at radius 3 is 2.57 bits per heavy atom. The minimum atomic E-state index is -0.833. The Bertz CT molecular complexity index is 1360. The summed E-state index contributed by atoms with van der Waals surface area (Å²) in [7, 11) is 0. The number of aliphatic hydroxyl groups excluding tert-OH is 1. The Kier molecular flexibility index (Phi) is 6.57. The van der Waals surface area contributed by atoms with Gasteiger partial charge in [-0.1, -0.05) is 43.3 Å². The molecule has 10 heteroatoms. The second kappa shape index (κ2) is 9.57. The molecule has 0 saturated carbocycles. The Labute approximate surface area is 219 Å². The zero-order valence-corrected chi connectivity index (χ0v) is 22.5. The number of aliphatic hydroxyl groups is 1. The van der Waals surface area contributed by atoms with Crippen molar-refractivity contribution in [3.05, 3.63) is 52.7 Å². The molecule has 1 aromatic carbocycles. The number of rotatable bonds is 6. The van der Waals surface area contributed by atoms with Gasteiger partial charge in [0.25, 0.3) is 5.91 Å². The Morgan fingerprint density at radius 2 is 1.97 bits per heavy atom. The lowest BCUT2D eigenvalue weighted by molar-refractivity contribution is -0.134. The lowest BCUT2D eigenvalue weighted by atomic mass is 9.78. The van der Waals surface area contributed by atoms with Crippen LogP contribution in [0.15, 0.2) is 39.3 Å². The van der Waals surface area contributed by atoms with Crippen molar-refractivity contribution in [3.8, 4) is 10.4 Å². The molecule has 1 fully saturated rings. The van der Waals surface area contributed by atoms with Gasteiger partial charge in [-0.15, -0.1) is 11.3 Å². The Morgan fingerprint density at radius 1 is 1.24 bits per heavy atom. The molecule has 2 aliphatic rings. The van der Waals surface area contributed by atoms with Crippen LogP contribution in [0.4, 0.5) is 0 Å². The van der Waals surface area contributed by atoms with Gasteiger partial charge in [-0.25, -0.2) is 9.98 Å². The lowest BCUT2D eigenvalue weighted by Crippen LogP contribution is -2.44. The molecule has 0 radical (unpaired) electrons. The average Bonchev–Trinajstić information content (AvgIpc) is 3.62. The van der Waals surface area contributed by atoms with E-state index in [1.807, 2.05) is 57.5 Å². The van der Waals surface area contributed by atoms with Gasteiger partial charge in [-0.2, -0.15) is 4.98 Å². The number of aryl methyl sites for hydroxylation is 2. The first-order chi connectivity index (χ1) is 17.6. The normalized spacial score (nSPS) is 24.7. The highest BCUT2D eigenvalue weighted by molar-refractivity contribution is 7.13. The average molecular weight is 522 g/mol. The van der Waals surface area contributed by atoms with E-state index < -0.39 is 23.5 Å². The second-order valence-corrected chi connectivity index (χ2v) is 11.4. The van der Waals surface area contributed by atoms with E-state index >= 15 is 0 Å². The lowest BCUT2D eigenvalue weighted by Gasteiger charge is -2.30. The topological polar surface area (TPSA) is 122 Å². The first-order valence-electron chi connectivity index (χ1n) is 12.5. The summed E-state index contributed by atoms with van der Waals surface area (Å²) in [6, 6.07) is 7.52. The van der Waals surface area contributed by atoms with E-state index in [0.717, 1.165) is 21.7 Å². The summed E-state index contributed by atoms with van der Waals surface area (Å²) in [6.07, 6.45) is 0.0288. The third-order valence-electron chi connectivity index (χ3n) is 7.47. The van der Waals surface area contributed by atoms with Gasteiger partial charge in [-0.3, -0.25) is 9.59 Å². The number of nitrogens with zero attached hydrogens (tertiary/aromatic N) is 5. The maximum atomic E-state index is 13.7. The molecular formula is C27H31N5O4S. The fraction of sp³-hybridized carbons (Fsp3) is 0.481. The summed E-state index contributed by atoms with van der Waals surface area (Å²) in [6.45, 7) is 9.61. The maximum absolute atomic E-state index is 13.7. The minimum absolute atomic E-state index is 0.0937. The van der Waals surface area contributed by atoms with Crippen LogP contribution in [0.2, 0.25) is 0 Å². The number of benzene rings is 1. The molecule has 0 spiro atoms. The monoisotopic (exact) mass is 521 g/mol. The number of aliphatic imine (C=N–C) groups is 1. The Hall–Kier alpha value is -3.24. The molecule has 5 rings (SSSR count). The molecule has 3 aromatic rings. The van der Waals surface area contributed by atoms with Gasteiger partial charge in [-0.05, 0) is 37.8 Å². The predicted octanol–water partition coefficient (Wildman–Crippen LogP) is 3.84. The van der Waals surface area contributed by atoms with Gasteiger partial charge < -0.3 is 14.5 Å². The fourth-order valence-corrected chi connectivity index (χ4v) is 6.20. The molecule has 1 saturated heterocycles. The number of β-amino-alcohol motifs (C(OH)–C–C–N with tert-alkyl or cyclic N) is 1. The van der Waals surface area contributed by atoms with Crippen LogP contribution in [-0.2, 0) is 15.0 Å². The van der Waals surface area contributed by atoms with Crippen LogP contribution in [0, 0.1) is 19.8 Å². The molecule has 1 N–H and O–H groups in total. The number of carbonyl (C=O) groups is 2. The zero-order valence-electron chi connectivity index (χ0n) is 21.6. The summed E-state index contributed by atoms with van der Waals surface area (Å²) in [5.41, 5.74) is 4.54. The molecule has 9 nitrogen and oxygen atoms in total. The van der Waals surface area contributed by atoms with Crippen LogP contribution in [0.25, 0.3) is 10.4 Å². The molecule has 4 unspecified atom stereocenters. The molecule has 4 atom stereocenters. The van der Waals surface area contributed by atoms with E-state index in [0.29, 0.717) is 24.4 Å². The highest BCUT2D eigenvalue weighted by atomic mass is 32.1. The van der Waals surface area contributed by atoms with Crippen molar-refractivity contribution in [2.75, 3.05) is 6.54 Å². The smallest absolute Gasteiger partial charge is 0.256 e. The van der Waals surface area contributed by atoms with Crippen LogP contribution < -0.4 is 0 Å². The minimum Gasteiger partial charge on any atom is -0.391 e. The first kappa shape index (κ1) is 25.4. The van der Waals surface area contributed by atoms with Crippen molar-refractivity contribution >= 4 is 28.9 Å². The van der Waals surface area contributed by atoms with E-state index in [9.17, 15) is 14.7 Å². The van der Waals surface area contributed by atoms with Gasteiger partial charge in [0.15, 0.2) is 5.82 Å². The predicted molar refractivity (Wildman–Crippen MR) is 139 cm³/mol. The third kappa shape index (κ3) is 4.53. The van der Waals surface area contributed by atoms with E-state index in [1.54, 1.807) is 23.2 Å². The van der Waals surface area contributed by atoms with Crippen molar-refractivity contribution in [1.82, 2.24) is 20.0 Å². The third-order valence-corrected chi connectivity index (χ3v) is 8.45. The van der Waals surface area contributed by atoms with Crippen LogP contribution >= 0.6 is 11.3 Å². The summed E-state index contributed by atoms with van der Waals surface area (Å²) in [5.74, 6) is -0.434. The van der Waals surface area contributed by atoms with Gasteiger partial charge >= 0.3 is 0 Å². The standard InChI is InChI=1S/C27H31N5O4S/c1-14(2)22(24-29-16(4)31-36-24)25(34)32-12-19(33)10-21(32)20-11-27(5,26(35)30-20)18-8-6-17(7-9-18)23-15(3)28-13-37-23/h6-9,13-14,19,21-22,33H,10-12H2,1-5H3. The van der Waals surface area contributed by atoms with Crippen molar-refractivity contribution in [3.63, 3.8) is 0 Å². The molecular weight excluding hydrogens is 490 g/mol. The molecule has 194 valence electrons. The SMILES string of the molecule is Cc1noc(C(C(=O)N2CC(O)CC2C2=NC(=O)C(C)(c3ccc(-c4scnc4C)cc3)C2)C(C)C)n1. The summed E-state index contributed by atoms with van der Waals surface area (Å²) in [4.78, 5) is 42.8. The zero-order chi connectivity index (χ0) is 26.5. The molecule has 37 heavy (non-hydrogen) atoms. The number of hydrogen-bond acceptors (Lipinski definition) is 8. The van der Waals surface area contributed by atoms with E-state index in [2.05, 4.69) is 20.1 Å². The van der Waals surface area contributed by atoms with Crippen molar-refractivity contribution < 1.29 is 19.2 Å². The fourth-order valence-electron chi connectivity index (χ4n) is 5.38. The van der Waals surface area contributed by atoms with Crippen LogP contribution in [0.1, 0.15) is 62.5 Å². The van der Waals surface area contributed by atoms with Gasteiger partial charge in [0.05, 0.1) is 33.6 Å². The van der Waals surface area contributed by atoms with Crippen LogP contribution in [0.5, 0.6) is 0 Å². The quantitative estimate of drug-likeness (QED) is 0.523. The van der Waals surface area contributed by atoms with Gasteiger partial charge in [0, 0.05) is 25.1 Å². The highest BCUT2D eigenvalue weighted by Gasteiger charge is 2.48. The highest BCUT2D eigenvalue weighted by Crippen LogP contribution is 2.39. The molecule has 4 heterocycles. The molecule has 2 aliphatic heterocycles. The Balaban J connectivity index is 1.39. The second-order valence-electron chi connectivity index (χ2n) is 10.6. The van der Waals surface area contributed by atoms with Gasteiger partial charge in [0.2, 0.25) is 11.8 Å². The number of hydrogen-bond donors (Lipinski definition) is 1. The molecule has 0 aliphatic carbocycles. The number of likely N-dealkylation sites (tertiary alicyclic amines) is 1. The van der Waals surface area contributed by atoms with Crippen molar-refractivity contribution in [1.29, 1.82) is 0 Å². The number of amides is 2. The number of thiazole rings is 1. The largest absolute Gasteiger partial charge is 0.391 e. The van der Waals surface area contributed by atoms with E-state index in [4.69, 9.17) is 4.52 Å². The maximum Gasteiger partial charge on any atom is 0.256 e. The van der Waals surface area contributed by atoms with E-state index in [-0.39, 0.29) is 30.2 Å². The molecule has 0 bridgehead atoms. The number of carbonyl (C=O) groups excluding carboxylic acids is 2. The number of aromatic nitrogens is 3. The first-order valence-corrected chi connectivity index (χ1v) is 13.4. The summed E-state index contributed by atoms with van der Waals surface area (Å²) in [5, 5.41) is 14.4. The molecule has 2 amide bonds. The van der Waals surface area contributed by atoms with Crippen LogP contribution in [0.3, 0.4) is 0 Å². The molecule has 2 aromatic heterocycles. The summed E-state index contributed by atoms with van der Waals surface area (Å²) < 4.78 is 5.35. The van der Waals surface area contributed by atoms with Crippen molar-refractivity contribution in [2.45, 2.75) is 70.9 Å². The van der Waals surface area contributed by atoms with E-state index in [1.165, 1.54) is 0 Å².